The van der Waals surface area contributed by atoms with Gasteiger partial charge in [0.15, 0.2) is 11.5 Å². The van der Waals surface area contributed by atoms with Crippen molar-refractivity contribution in [3.63, 3.8) is 0 Å². The maximum atomic E-state index is 12.9. The number of anilines is 1. The van der Waals surface area contributed by atoms with Gasteiger partial charge in [-0.2, -0.15) is 13.2 Å². The van der Waals surface area contributed by atoms with Crippen LogP contribution in [-0.4, -0.2) is 54.6 Å². The molecule has 2 aromatic carbocycles. The maximum absolute atomic E-state index is 12.9. The molecule has 2 heterocycles. The van der Waals surface area contributed by atoms with Crippen molar-refractivity contribution in [3.8, 4) is 11.5 Å². The Bertz CT molecular complexity index is 1010. The van der Waals surface area contributed by atoms with Gasteiger partial charge >= 0.3 is 6.18 Å². The number of rotatable bonds is 3. The maximum Gasteiger partial charge on any atom is 0.416 e. The first kappa shape index (κ1) is 20.8. The Morgan fingerprint density at radius 1 is 1.06 bits per heavy atom. The normalized spacial score (nSPS) is 18.6. The Labute approximate surface area is 174 Å². The molecule has 0 N–H and O–H groups in total. The second-order valence-electron chi connectivity index (χ2n) is 7.13. The minimum absolute atomic E-state index is 0.0699. The molecule has 0 radical (unpaired) electrons. The molecule has 11 heteroatoms. The van der Waals surface area contributed by atoms with E-state index >= 15 is 0 Å². The number of amides is 1. The Morgan fingerprint density at radius 3 is 2.39 bits per heavy atom. The third-order valence-electron chi connectivity index (χ3n) is 5.22. The summed E-state index contributed by atoms with van der Waals surface area (Å²) in [7, 11) is 0. The van der Waals surface area contributed by atoms with Crippen LogP contribution in [0.15, 0.2) is 42.5 Å². The fraction of sp³-hybridized carbons (Fsp3) is 0.350. The molecule has 2 aliphatic heterocycles. The molecule has 164 valence electrons. The van der Waals surface area contributed by atoms with E-state index in [1.54, 1.807) is 34.1 Å². The summed E-state index contributed by atoms with van der Waals surface area (Å²) in [5.74, 6) is 0.771. The second-order valence-corrected chi connectivity index (χ2v) is 7.13. The number of nitro benzene ring substituents is 1. The van der Waals surface area contributed by atoms with E-state index in [1.165, 1.54) is 0 Å². The lowest BCUT2D eigenvalue weighted by molar-refractivity contribution is -0.384. The van der Waals surface area contributed by atoms with Gasteiger partial charge in [-0.15, -0.1) is 0 Å². The van der Waals surface area contributed by atoms with Crippen LogP contribution >= 0.6 is 0 Å². The SMILES string of the molecule is O=C(C1COc2ccccc2O1)N1CCN(c2ccc(C(F)(F)F)cc2[N+](=O)[O-])CC1. The molecule has 0 bridgehead atoms. The zero-order valence-corrected chi connectivity index (χ0v) is 16.2. The number of piperazine rings is 1. The van der Waals surface area contributed by atoms with E-state index in [0.29, 0.717) is 17.6 Å². The Hall–Kier alpha value is -3.50. The zero-order chi connectivity index (χ0) is 22.2. The highest BCUT2D eigenvalue weighted by Gasteiger charge is 2.36. The van der Waals surface area contributed by atoms with Crippen molar-refractivity contribution in [1.82, 2.24) is 4.90 Å². The third kappa shape index (κ3) is 4.21. The zero-order valence-electron chi connectivity index (χ0n) is 16.2. The molecule has 1 fully saturated rings. The van der Waals surface area contributed by atoms with E-state index in [-0.39, 0.29) is 44.4 Å². The van der Waals surface area contributed by atoms with Crippen LogP contribution in [0.2, 0.25) is 0 Å². The average molecular weight is 437 g/mol. The molecule has 1 saturated heterocycles. The highest BCUT2D eigenvalue weighted by molar-refractivity contribution is 5.82. The molecular formula is C20H18F3N3O5. The number of alkyl halides is 3. The van der Waals surface area contributed by atoms with Gasteiger partial charge in [0.2, 0.25) is 6.10 Å². The summed E-state index contributed by atoms with van der Waals surface area (Å²) in [5.41, 5.74) is -1.60. The van der Waals surface area contributed by atoms with E-state index in [2.05, 4.69) is 0 Å². The van der Waals surface area contributed by atoms with Gasteiger partial charge < -0.3 is 19.3 Å². The van der Waals surface area contributed by atoms with Crippen LogP contribution < -0.4 is 14.4 Å². The van der Waals surface area contributed by atoms with E-state index < -0.39 is 28.5 Å². The number of fused-ring (bicyclic) bond motifs is 1. The molecule has 4 rings (SSSR count). The van der Waals surface area contributed by atoms with Gasteiger partial charge in [-0.3, -0.25) is 14.9 Å². The van der Waals surface area contributed by atoms with E-state index in [1.807, 2.05) is 0 Å². The van der Waals surface area contributed by atoms with Gasteiger partial charge in [-0.05, 0) is 24.3 Å². The van der Waals surface area contributed by atoms with E-state index in [0.717, 1.165) is 12.1 Å². The number of hydrogen-bond acceptors (Lipinski definition) is 6. The molecule has 0 aliphatic carbocycles. The van der Waals surface area contributed by atoms with Crippen LogP contribution in [-0.2, 0) is 11.0 Å². The van der Waals surface area contributed by atoms with Crippen LogP contribution in [0.25, 0.3) is 0 Å². The fourth-order valence-electron chi connectivity index (χ4n) is 3.63. The molecule has 1 amide bonds. The number of nitro groups is 1. The van der Waals surface area contributed by atoms with Crippen molar-refractivity contribution in [1.29, 1.82) is 0 Å². The average Bonchev–Trinajstić information content (AvgIpc) is 2.77. The van der Waals surface area contributed by atoms with Crippen LogP contribution in [0.5, 0.6) is 11.5 Å². The molecule has 8 nitrogen and oxygen atoms in total. The topological polar surface area (TPSA) is 85.2 Å². The fourth-order valence-corrected chi connectivity index (χ4v) is 3.63. The number of carbonyl (C=O) groups is 1. The van der Waals surface area contributed by atoms with Crippen molar-refractivity contribution in [2.24, 2.45) is 0 Å². The summed E-state index contributed by atoms with van der Waals surface area (Å²) in [5, 5.41) is 11.3. The first-order valence-electron chi connectivity index (χ1n) is 9.52. The number of benzene rings is 2. The van der Waals surface area contributed by atoms with Crippen LogP contribution in [0.3, 0.4) is 0 Å². The summed E-state index contributed by atoms with van der Waals surface area (Å²) in [6.45, 7) is 1.04. The molecule has 1 unspecified atom stereocenters. The summed E-state index contributed by atoms with van der Waals surface area (Å²) in [6, 6.07) is 9.48. The Kier molecular flexibility index (Phi) is 5.34. The number of hydrogen-bond donors (Lipinski definition) is 0. The molecule has 1 atom stereocenters. The van der Waals surface area contributed by atoms with E-state index in [4.69, 9.17) is 9.47 Å². The Morgan fingerprint density at radius 2 is 1.74 bits per heavy atom. The van der Waals surface area contributed by atoms with Gasteiger partial charge in [-0.25, -0.2) is 0 Å². The molecule has 0 aromatic heterocycles. The molecule has 31 heavy (non-hydrogen) atoms. The summed E-state index contributed by atoms with van der Waals surface area (Å²) in [4.78, 5) is 26.5. The highest BCUT2D eigenvalue weighted by atomic mass is 19.4. The van der Waals surface area contributed by atoms with Gasteiger partial charge in [-0.1, -0.05) is 12.1 Å². The van der Waals surface area contributed by atoms with Crippen LogP contribution in [0.4, 0.5) is 24.5 Å². The molecule has 0 saturated carbocycles. The number of ether oxygens (including phenoxy) is 2. The summed E-state index contributed by atoms with van der Waals surface area (Å²) in [6.07, 6.45) is -5.48. The first-order valence-corrected chi connectivity index (χ1v) is 9.52. The molecule has 2 aliphatic rings. The highest BCUT2D eigenvalue weighted by Crippen LogP contribution is 2.37. The van der Waals surface area contributed by atoms with E-state index in [9.17, 15) is 28.1 Å². The molecule has 2 aromatic rings. The third-order valence-corrected chi connectivity index (χ3v) is 5.22. The van der Waals surface area contributed by atoms with Crippen molar-refractivity contribution < 1.29 is 32.4 Å². The van der Waals surface area contributed by atoms with Crippen molar-refractivity contribution >= 4 is 17.3 Å². The lowest BCUT2D eigenvalue weighted by Gasteiger charge is -2.38. The van der Waals surface area contributed by atoms with Gasteiger partial charge in [0.1, 0.15) is 12.3 Å². The monoisotopic (exact) mass is 437 g/mol. The molecule has 0 spiro atoms. The quantitative estimate of drug-likeness (QED) is 0.542. The number of halogens is 3. The van der Waals surface area contributed by atoms with Gasteiger partial charge in [0.05, 0.1) is 10.5 Å². The molecular weight excluding hydrogens is 419 g/mol. The van der Waals surface area contributed by atoms with Crippen molar-refractivity contribution in [2.75, 3.05) is 37.7 Å². The minimum atomic E-state index is -4.67. The second kappa shape index (κ2) is 7.97. The standard InChI is InChI=1S/C20H18F3N3O5/c21-20(22,23)13-5-6-14(15(11-13)26(28)29)24-7-9-25(10-8-24)19(27)18-12-30-16-3-1-2-4-17(16)31-18/h1-6,11,18H,7-10,12H2. The minimum Gasteiger partial charge on any atom is -0.485 e. The van der Waals surface area contributed by atoms with Gasteiger partial charge in [0, 0.05) is 32.2 Å². The number of nitrogens with zero attached hydrogens (tertiary/aromatic N) is 3. The summed E-state index contributed by atoms with van der Waals surface area (Å²) < 4.78 is 50.0. The smallest absolute Gasteiger partial charge is 0.416 e. The van der Waals surface area contributed by atoms with Crippen molar-refractivity contribution in [3.05, 3.63) is 58.1 Å². The Balaban J connectivity index is 1.43. The number of para-hydroxylation sites is 2. The number of carbonyl (C=O) groups excluding carboxylic acids is 1. The lowest BCUT2D eigenvalue weighted by Crippen LogP contribution is -2.54. The first-order chi connectivity index (χ1) is 14.7. The predicted molar refractivity (Wildman–Crippen MR) is 103 cm³/mol. The van der Waals surface area contributed by atoms with Crippen LogP contribution in [0.1, 0.15) is 5.56 Å². The van der Waals surface area contributed by atoms with Crippen molar-refractivity contribution in [2.45, 2.75) is 12.3 Å². The summed E-state index contributed by atoms with van der Waals surface area (Å²) >= 11 is 0. The van der Waals surface area contributed by atoms with Gasteiger partial charge in [0.25, 0.3) is 11.6 Å². The lowest BCUT2D eigenvalue weighted by atomic mass is 10.1. The largest absolute Gasteiger partial charge is 0.485 e. The predicted octanol–water partition coefficient (Wildman–Crippen LogP) is 3.10. The van der Waals surface area contributed by atoms with Crippen LogP contribution in [0, 0.1) is 10.1 Å².